The van der Waals surface area contributed by atoms with Gasteiger partial charge in [-0.25, -0.2) is 13.1 Å². The number of sulfonamides is 1. The fourth-order valence-electron chi connectivity index (χ4n) is 3.65. The van der Waals surface area contributed by atoms with Gasteiger partial charge in [-0.2, -0.15) is 0 Å². The normalized spacial score (nSPS) is 12.9. The van der Waals surface area contributed by atoms with E-state index >= 15 is 0 Å². The standard InChI is InChI=1S/C26H32N2O2S/c1-22(2)31(29,30)27-19-18-26(25-16-10-5-11-17-25)28(20-23-12-6-3-7-13-23)21-24-14-8-4-9-15-24/h3-17,22,26-27H,18-21H2,1-2H3. The first kappa shape index (κ1) is 23.2. The molecule has 0 aliphatic rings. The Hall–Kier alpha value is -2.47. The Kier molecular flexibility index (Phi) is 8.41. The molecule has 0 bridgehead atoms. The lowest BCUT2D eigenvalue weighted by atomic mass is 10.00. The van der Waals surface area contributed by atoms with Gasteiger partial charge in [-0.05, 0) is 37.0 Å². The molecule has 0 radical (unpaired) electrons. The molecule has 0 amide bonds. The zero-order valence-electron chi connectivity index (χ0n) is 18.3. The van der Waals surface area contributed by atoms with Gasteiger partial charge in [0.25, 0.3) is 0 Å². The lowest BCUT2D eigenvalue weighted by Gasteiger charge is -2.33. The molecule has 0 fully saturated rings. The van der Waals surface area contributed by atoms with Crippen molar-refractivity contribution in [2.45, 2.75) is 44.6 Å². The fourth-order valence-corrected chi connectivity index (χ4v) is 4.39. The van der Waals surface area contributed by atoms with Gasteiger partial charge in [-0.15, -0.1) is 0 Å². The molecule has 31 heavy (non-hydrogen) atoms. The first-order valence-corrected chi connectivity index (χ1v) is 12.4. The maximum Gasteiger partial charge on any atom is 0.213 e. The SMILES string of the molecule is CC(C)S(=O)(=O)NCCC(c1ccccc1)N(Cc1ccccc1)Cc1ccccc1. The molecule has 0 aliphatic carbocycles. The van der Waals surface area contributed by atoms with Crippen LogP contribution in [0.4, 0.5) is 0 Å². The van der Waals surface area contributed by atoms with Crippen LogP contribution in [0.25, 0.3) is 0 Å². The summed E-state index contributed by atoms with van der Waals surface area (Å²) in [5.74, 6) is 0. The molecule has 0 aromatic heterocycles. The van der Waals surface area contributed by atoms with Crippen LogP contribution in [-0.2, 0) is 23.1 Å². The van der Waals surface area contributed by atoms with E-state index in [2.05, 4.69) is 70.3 Å². The highest BCUT2D eigenvalue weighted by atomic mass is 32.2. The molecule has 0 spiro atoms. The maximum absolute atomic E-state index is 12.3. The minimum Gasteiger partial charge on any atom is -0.288 e. The van der Waals surface area contributed by atoms with E-state index in [1.54, 1.807) is 13.8 Å². The molecule has 4 nitrogen and oxygen atoms in total. The van der Waals surface area contributed by atoms with Gasteiger partial charge in [0.15, 0.2) is 0 Å². The van der Waals surface area contributed by atoms with E-state index in [1.807, 2.05) is 30.3 Å². The number of hydrogen-bond donors (Lipinski definition) is 1. The van der Waals surface area contributed by atoms with Crippen LogP contribution in [0.2, 0.25) is 0 Å². The number of rotatable bonds is 11. The van der Waals surface area contributed by atoms with Gasteiger partial charge in [0.05, 0.1) is 5.25 Å². The Labute approximate surface area is 187 Å². The molecular formula is C26H32N2O2S. The van der Waals surface area contributed by atoms with Gasteiger partial charge in [-0.3, -0.25) is 4.90 Å². The molecule has 1 unspecified atom stereocenters. The van der Waals surface area contributed by atoms with Crippen molar-refractivity contribution in [3.8, 4) is 0 Å². The van der Waals surface area contributed by atoms with E-state index < -0.39 is 15.3 Å². The zero-order chi connectivity index (χ0) is 22.1. The summed E-state index contributed by atoms with van der Waals surface area (Å²) >= 11 is 0. The van der Waals surface area contributed by atoms with Crippen LogP contribution in [0.3, 0.4) is 0 Å². The molecule has 5 heteroatoms. The molecule has 0 heterocycles. The second-order valence-electron chi connectivity index (χ2n) is 8.08. The maximum atomic E-state index is 12.3. The van der Waals surface area contributed by atoms with Crippen molar-refractivity contribution in [1.29, 1.82) is 0 Å². The first-order valence-electron chi connectivity index (χ1n) is 10.8. The van der Waals surface area contributed by atoms with E-state index in [-0.39, 0.29) is 6.04 Å². The quantitative estimate of drug-likeness (QED) is 0.452. The molecular weight excluding hydrogens is 404 g/mol. The summed E-state index contributed by atoms with van der Waals surface area (Å²) in [6, 6.07) is 31.3. The van der Waals surface area contributed by atoms with Crippen LogP contribution in [-0.4, -0.2) is 25.1 Å². The Morgan fingerprint density at radius 3 is 1.65 bits per heavy atom. The van der Waals surface area contributed by atoms with E-state index in [0.29, 0.717) is 13.0 Å². The summed E-state index contributed by atoms with van der Waals surface area (Å²) in [7, 11) is -3.29. The van der Waals surface area contributed by atoms with Crippen molar-refractivity contribution < 1.29 is 8.42 Å². The second kappa shape index (κ2) is 11.2. The first-order chi connectivity index (χ1) is 15.0. The van der Waals surface area contributed by atoms with Crippen LogP contribution in [0.5, 0.6) is 0 Å². The van der Waals surface area contributed by atoms with Crippen molar-refractivity contribution in [3.63, 3.8) is 0 Å². The molecule has 3 aromatic carbocycles. The van der Waals surface area contributed by atoms with Crippen molar-refractivity contribution in [1.82, 2.24) is 9.62 Å². The molecule has 1 N–H and O–H groups in total. The zero-order valence-corrected chi connectivity index (χ0v) is 19.1. The lowest BCUT2D eigenvalue weighted by Crippen LogP contribution is -2.35. The third-order valence-corrected chi connectivity index (χ3v) is 7.27. The average molecular weight is 437 g/mol. The monoisotopic (exact) mass is 436 g/mol. The van der Waals surface area contributed by atoms with Crippen molar-refractivity contribution in [2.24, 2.45) is 0 Å². The molecule has 164 valence electrons. The van der Waals surface area contributed by atoms with Crippen LogP contribution >= 0.6 is 0 Å². The Balaban J connectivity index is 1.87. The van der Waals surface area contributed by atoms with Gasteiger partial charge >= 0.3 is 0 Å². The number of nitrogens with zero attached hydrogens (tertiary/aromatic N) is 1. The topological polar surface area (TPSA) is 49.4 Å². The summed E-state index contributed by atoms with van der Waals surface area (Å²) in [5, 5.41) is -0.438. The molecule has 0 aliphatic heterocycles. The average Bonchev–Trinajstić information content (AvgIpc) is 2.78. The molecule has 3 rings (SSSR count). The van der Waals surface area contributed by atoms with Crippen LogP contribution in [0, 0.1) is 0 Å². The van der Waals surface area contributed by atoms with E-state index in [1.165, 1.54) is 16.7 Å². The number of hydrogen-bond acceptors (Lipinski definition) is 3. The second-order valence-corrected chi connectivity index (χ2v) is 10.4. The van der Waals surface area contributed by atoms with Crippen molar-refractivity contribution in [2.75, 3.05) is 6.54 Å². The van der Waals surface area contributed by atoms with Crippen molar-refractivity contribution in [3.05, 3.63) is 108 Å². The van der Waals surface area contributed by atoms with Crippen molar-refractivity contribution >= 4 is 10.0 Å². The summed E-state index contributed by atoms with van der Waals surface area (Å²) in [6.45, 7) is 5.38. The fraction of sp³-hybridized carbons (Fsp3) is 0.308. The highest BCUT2D eigenvalue weighted by Crippen LogP contribution is 2.28. The Bertz CT molecular complexity index is 966. The highest BCUT2D eigenvalue weighted by molar-refractivity contribution is 7.90. The van der Waals surface area contributed by atoms with Crippen LogP contribution in [0.15, 0.2) is 91.0 Å². The number of nitrogens with one attached hydrogen (secondary N) is 1. The molecule has 0 saturated carbocycles. The predicted octanol–water partition coefficient (Wildman–Crippen LogP) is 5.15. The summed E-state index contributed by atoms with van der Waals surface area (Å²) < 4.78 is 27.3. The molecule has 1 atom stereocenters. The summed E-state index contributed by atoms with van der Waals surface area (Å²) in [6.07, 6.45) is 0.690. The van der Waals surface area contributed by atoms with Gasteiger partial charge in [0, 0.05) is 25.7 Å². The largest absolute Gasteiger partial charge is 0.288 e. The van der Waals surface area contributed by atoms with Gasteiger partial charge < -0.3 is 0 Å². The summed E-state index contributed by atoms with van der Waals surface area (Å²) in [4.78, 5) is 2.43. The highest BCUT2D eigenvalue weighted by Gasteiger charge is 2.23. The van der Waals surface area contributed by atoms with Gasteiger partial charge in [-0.1, -0.05) is 91.0 Å². The summed E-state index contributed by atoms with van der Waals surface area (Å²) in [5.41, 5.74) is 3.67. The van der Waals surface area contributed by atoms with Gasteiger partial charge in [0.2, 0.25) is 10.0 Å². The minimum absolute atomic E-state index is 0.0801. The Morgan fingerprint density at radius 2 is 1.19 bits per heavy atom. The van der Waals surface area contributed by atoms with E-state index in [9.17, 15) is 8.42 Å². The molecule has 3 aromatic rings. The van der Waals surface area contributed by atoms with E-state index in [4.69, 9.17) is 0 Å². The van der Waals surface area contributed by atoms with Crippen LogP contribution in [0.1, 0.15) is 43.0 Å². The molecule has 0 saturated heterocycles. The third kappa shape index (κ3) is 7.03. The smallest absolute Gasteiger partial charge is 0.213 e. The minimum atomic E-state index is -3.29. The van der Waals surface area contributed by atoms with E-state index in [0.717, 1.165) is 13.1 Å². The predicted molar refractivity (Wildman–Crippen MR) is 128 cm³/mol. The lowest BCUT2D eigenvalue weighted by molar-refractivity contribution is 0.170. The number of benzene rings is 3. The van der Waals surface area contributed by atoms with Crippen LogP contribution < -0.4 is 4.72 Å². The third-order valence-electron chi connectivity index (χ3n) is 5.42. The Morgan fingerprint density at radius 1 is 0.742 bits per heavy atom. The van der Waals surface area contributed by atoms with Gasteiger partial charge in [0.1, 0.15) is 0 Å².